The molecular weight excluding hydrogens is 264 g/mol. The van der Waals surface area contributed by atoms with Crippen molar-refractivity contribution in [2.45, 2.75) is 13.0 Å². The van der Waals surface area contributed by atoms with Crippen molar-refractivity contribution >= 4 is 17.8 Å². The van der Waals surface area contributed by atoms with Crippen molar-refractivity contribution in [1.82, 2.24) is 10.3 Å². The van der Waals surface area contributed by atoms with Gasteiger partial charge in [-0.15, -0.1) is 0 Å². The zero-order chi connectivity index (χ0) is 14.3. The molecule has 9 heteroatoms. The predicted molar refractivity (Wildman–Crippen MR) is 60.1 cm³/mol. The molecule has 7 nitrogen and oxygen atoms in total. The zero-order valence-corrected chi connectivity index (χ0v) is 9.60. The van der Waals surface area contributed by atoms with Crippen molar-refractivity contribution in [2.24, 2.45) is 0 Å². The topological polar surface area (TPSA) is 101 Å². The van der Waals surface area contributed by atoms with E-state index in [0.29, 0.717) is 0 Å². The lowest BCUT2D eigenvalue weighted by Gasteiger charge is -2.07. The van der Waals surface area contributed by atoms with Crippen LogP contribution in [0.4, 0.5) is 19.4 Å². The molecule has 0 aliphatic rings. The van der Waals surface area contributed by atoms with Crippen LogP contribution in [0.25, 0.3) is 0 Å². The van der Waals surface area contributed by atoms with Crippen LogP contribution in [0.5, 0.6) is 5.75 Å². The summed E-state index contributed by atoms with van der Waals surface area (Å²) >= 11 is 0. The molecule has 19 heavy (non-hydrogen) atoms. The first-order valence-electron chi connectivity index (χ1n) is 5.15. The summed E-state index contributed by atoms with van der Waals surface area (Å²) in [7, 11) is 0. The number of carboxylic acid groups (broad SMARTS) is 1. The molecule has 2 amide bonds. The molecule has 0 spiro atoms. The van der Waals surface area contributed by atoms with Gasteiger partial charge in [-0.25, -0.2) is 9.78 Å². The highest BCUT2D eigenvalue weighted by molar-refractivity contribution is 5.88. The number of aliphatic carboxylic acids is 1. The fourth-order valence-electron chi connectivity index (χ4n) is 1.07. The van der Waals surface area contributed by atoms with Crippen LogP contribution < -0.4 is 15.4 Å². The zero-order valence-electron chi connectivity index (χ0n) is 9.60. The summed E-state index contributed by atoms with van der Waals surface area (Å²) in [5, 5.41) is 12.9. The molecule has 3 N–H and O–H groups in total. The van der Waals surface area contributed by atoms with E-state index in [1.165, 1.54) is 12.1 Å². The largest absolute Gasteiger partial charge is 0.481 e. The van der Waals surface area contributed by atoms with Gasteiger partial charge in [0.25, 0.3) is 0 Å². The Hall–Kier alpha value is -2.45. The Morgan fingerprint density at radius 1 is 1.42 bits per heavy atom. The molecule has 104 valence electrons. The van der Waals surface area contributed by atoms with Gasteiger partial charge in [-0.1, -0.05) is 0 Å². The van der Waals surface area contributed by atoms with Crippen molar-refractivity contribution in [1.29, 1.82) is 0 Å². The lowest BCUT2D eigenvalue weighted by atomic mass is 10.4. The first-order valence-corrected chi connectivity index (χ1v) is 5.15. The Bertz CT molecular complexity index is 439. The fraction of sp³-hybridized carbons (Fsp3) is 0.300. The average molecular weight is 275 g/mol. The smallest absolute Gasteiger partial charge is 0.387 e. The molecule has 1 aromatic heterocycles. The van der Waals surface area contributed by atoms with Gasteiger partial charge in [0.05, 0.1) is 12.6 Å². The van der Waals surface area contributed by atoms with Crippen LogP contribution in [0, 0.1) is 0 Å². The molecule has 1 heterocycles. The monoisotopic (exact) mass is 275 g/mol. The van der Waals surface area contributed by atoms with E-state index in [2.05, 4.69) is 20.4 Å². The van der Waals surface area contributed by atoms with Gasteiger partial charge in [0.2, 0.25) is 0 Å². The number of carbonyl (C=O) groups excluding carboxylic acids is 1. The van der Waals surface area contributed by atoms with Crippen molar-refractivity contribution in [3.63, 3.8) is 0 Å². The molecular formula is C10H11F2N3O4. The number of ether oxygens (including phenoxy) is 1. The van der Waals surface area contributed by atoms with E-state index < -0.39 is 18.6 Å². The number of carbonyl (C=O) groups is 2. The summed E-state index contributed by atoms with van der Waals surface area (Å²) in [6.07, 6.45) is 0.820. The number of nitrogens with one attached hydrogen (secondary N) is 2. The Morgan fingerprint density at radius 3 is 2.68 bits per heavy atom. The molecule has 0 aliphatic heterocycles. The number of urea groups is 1. The van der Waals surface area contributed by atoms with Crippen LogP contribution in [0.3, 0.4) is 0 Å². The van der Waals surface area contributed by atoms with Crippen molar-refractivity contribution in [2.75, 3.05) is 11.9 Å². The van der Waals surface area contributed by atoms with E-state index in [9.17, 15) is 18.4 Å². The highest BCUT2D eigenvalue weighted by Crippen LogP contribution is 2.14. The van der Waals surface area contributed by atoms with Crippen LogP contribution in [0.2, 0.25) is 0 Å². The normalized spacial score (nSPS) is 10.1. The molecule has 0 bridgehead atoms. The quantitative estimate of drug-likeness (QED) is 0.726. The van der Waals surface area contributed by atoms with Gasteiger partial charge in [-0.05, 0) is 12.1 Å². The molecule has 0 radical (unpaired) electrons. The second kappa shape index (κ2) is 7.09. The summed E-state index contributed by atoms with van der Waals surface area (Å²) in [5.41, 5.74) is 0. The summed E-state index contributed by atoms with van der Waals surface area (Å²) in [4.78, 5) is 25.1. The minimum Gasteiger partial charge on any atom is -0.481 e. The van der Waals surface area contributed by atoms with E-state index in [1.807, 2.05) is 0 Å². The first kappa shape index (κ1) is 14.6. The number of halogens is 2. The maximum Gasteiger partial charge on any atom is 0.387 e. The second-order valence-electron chi connectivity index (χ2n) is 3.28. The summed E-state index contributed by atoms with van der Waals surface area (Å²) in [6, 6.07) is 1.84. The predicted octanol–water partition coefficient (Wildman–Crippen LogP) is 1.28. The third-order valence-corrected chi connectivity index (χ3v) is 1.83. The molecule has 0 saturated heterocycles. The molecule has 0 atom stereocenters. The van der Waals surface area contributed by atoms with Crippen LogP contribution in [0.15, 0.2) is 18.3 Å². The number of carboxylic acids is 1. The van der Waals surface area contributed by atoms with E-state index in [4.69, 9.17) is 5.11 Å². The number of hydrogen-bond donors (Lipinski definition) is 3. The number of alkyl halides is 2. The van der Waals surface area contributed by atoms with Crippen LogP contribution in [0.1, 0.15) is 6.42 Å². The average Bonchev–Trinajstić information content (AvgIpc) is 2.30. The standard InChI is InChI=1S/C10H11F2N3O4/c11-9(12)19-6-1-2-7(14-5-6)15-10(18)13-4-3-8(16)17/h1-2,5,9H,3-4H2,(H,16,17)(H2,13,14,15,18). The number of pyridine rings is 1. The number of anilines is 1. The molecule has 1 aromatic rings. The van der Waals surface area contributed by atoms with Crippen molar-refractivity contribution < 1.29 is 28.2 Å². The van der Waals surface area contributed by atoms with E-state index in [1.54, 1.807) is 0 Å². The highest BCUT2D eigenvalue weighted by atomic mass is 19.3. The number of aromatic nitrogens is 1. The molecule has 0 fully saturated rings. The lowest BCUT2D eigenvalue weighted by Crippen LogP contribution is -2.30. The molecule has 0 unspecified atom stereocenters. The Morgan fingerprint density at radius 2 is 2.16 bits per heavy atom. The maximum absolute atomic E-state index is 11.9. The van der Waals surface area contributed by atoms with Gasteiger partial charge in [-0.3, -0.25) is 10.1 Å². The van der Waals surface area contributed by atoms with Crippen molar-refractivity contribution in [3.8, 4) is 5.75 Å². The minimum atomic E-state index is -2.94. The molecule has 0 aliphatic carbocycles. The second-order valence-corrected chi connectivity index (χ2v) is 3.28. The van der Waals surface area contributed by atoms with Gasteiger partial charge in [0.1, 0.15) is 11.6 Å². The van der Waals surface area contributed by atoms with Crippen molar-refractivity contribution in [3.05, 3.63) is 18.3 Å². The van der Waals surface area contributed by atoms with Gasteiger partial charge < -0.3 is 15.2 Å². The van der Waals surface area contributed by atoms with E-state index in [0.717, 1.165) is 6.20 Å². The number of amides is 2. The van der Waals surface area contributed by atoms with Crippen LogP contribution >= 0.6 is 0 Å². The first-order chi connectivity index (χ1) is 8.97. The Labute approximate surface area is 106 Å². The van der Waals surface area contributed by atoms with E-state index in [-0.39, 0.29) is 24.5 Å². The van der Waals surface area contributed by atoms with Crippen LogP contribution in [-0.4, -0.2) is 35.2 Å². The third-order valence-electron chi connectivity index (χ3n) is 1.83. The minimum absolute atomic E-state index is 0.0340. The number of nitrogens with zero attached hydrogens (tertiary/aromatic N) is 1. The lowest BCUT2D eigenvalue weighted by molar-refractivity contribution is -0.136. The Kier molecular flexibility index (Phi) is 5.45. The SMILES string of the molecule is O=C(O)CCNC(=O)Nc1ccc(OC(F)F)cn1. The summed E-state index contributed by atoms with van der Waals surface area (Å²) in [6.45, 7) is -2.98. The Balaban J connectivity index is 2.40. The number of hydrogen-bond acceptors (Lipinski definition) is 4. The molecule has 1 rings (SSSR count). The number of rotatable bonds is 6. The van der Waals surface area contributed by atoms with E-state index >= 15 is 0 Å². The summed E-state index contributed by atoms with van der Waals surface area (Å²) in [5.74, 6) is -1.05. The summed E-state index contributed by atoms with van der Waals surface area (Å²) < 4.78 is 27.8. The van der Waals surface area contributed by atoms with Crippen LogP contribution in [-0.2, 0) is 4.79 Å². The van der Waals surface area contributed by atoms with Gasteiger partial charge in [-0.2, -0.15) is 8.78 Å². The van der Waals surface area contributed by atoms with Gasteiger partial charge >= 0.3 is 18.6 Å². The third kappa shape index (κ3) is 6.15. The maximum atomic E-state index is 11.9. The van der Waals surface area contributed by atoms with Gasteiger partial charge in [0, 0.05) is 6.54 Å². The fourth-order valence-corrected chi connectivity index (χ4v) is 1.07. The highest BCUT2D eigenvalue weighted by Gasteiger charge is 2.06. The molecule has 0 aromatic carbocycles. The molecule has 0 saturated carbocycles. The van der Waals surface area contributed by atoms with Gasteiger partial charge in [0.15, 0.2) is 0 Å².